The number of amides is 2. The molecule has 0 saturated carbocycles. The Labute approximate surface area is 100 Å². The van der Waals surface area contributed by atoms with E-state index in [2.05, 4.69) is 0 Å². The number of hydrogen-bond donors (Lipinski definition) is 2. The maximum Gasteiger partial charge on any atom is 0.256 e. The van der Waals surface area contributed by atoms with E-state index in [9.17, 15) is 9.59 Å². The van der Waals surface area contributed by atoms with Crippen molar-refractivity contribution in [3.05, 3.63) is 29.3 Å². The molecular formula is C12H17N3O2. The molecule has 1 aromatic carbocycles. The van der Waals surface area contributed by atoms with E-state index in [4.69, 9.17) is 11.5 Å². The second-order valence-corrected chi connectivity index (χ2v) is 3.82. The van der Waals surface area contributed by atoms with E-state index >= 15 is 0 Å². The van der Waals surface area contributed by atoms with E-state index in [1.807, 2.05) is 13.0 Å². The molecule has 1 aromatic rings. The molecule has 2 amide bonds. The Morgan fingerprint density at radius 2 is 2.00 bits per heavy atom. The average Bonchev–Trinajstić information content (AvgIpc) is 2.28. The van der Waals surface area contributed by atoms with Crippen LogP contribution in [0.25, 0.3) is 0 Å². The number of benzene rings is 1. The van der Waals surface area contributed by atoms with Gasteiger partial charge < -0.3 is 16.4 Å². The molecule has 1 rings (SSSR count). The third-order valence-electron chi connectivity index (χ3n) is 2.57. The average molecular weight is 235 g/mol. The normalized spacial score (nSPS) is 10.0. The lowest BCUT2D eigenvalue weighted by Gasteiger charge is -2.20. The van der Waals surface area contributed by atoms with Gasteiger partial charge in [-0.25, -0.2) is 0 Å². The fourth-order valence-corrected chi connectivity index (χ4v) is 1.55. The maximum absolute atomic E-state index is 12.1. The molecule has 0 saturated heterocycles. The number of carbonyl (C=O) groups excluding carboxylic acids is 2. The smallest absolute Gasteiger partial charge is 0.256 e. The van der Waals surface area contributed by atoms with E-state index in [-0.39, 0.29) is 12.5 Å². The van der Waals surface area contributed by atoms with Gasteiger partial charge in [-0.2, -0.15) is 0 Å². The van der Waals surface area contributed by atoms with Gasteiger partial charge in [-0.3, -0.25) is 9.59 Å². The predicted molar refractivity (Wildman–Crippen MR) is 66.4 cm³/mol. The number of aryl methyl sites for hydroxylation is 1. The minimum atomic E-state index is -0.536. The lowest BCUT2D eigenvalue weighted by atomic mass is 10.1. The van der Waals surface area contributed by atoms with Crippen LogP contribution in [-0.2, 0) is 4.79 Å². The van der Waals surface area contributed by atoms with Crippen molar-refractivity contribution in [2.75, 3.05) is 18.8 Å². The molecule has 17 heavy (non-hydrogen) atoms. The third-order valence-corrected chi connectivity index (χ3v) is 2.57. The van der Waals surface area contributed by atoms with Crippen molar-refractivity contribution in [2.45, 2.75) is 13.8 Å². The zero-order valence-corrected chi connectivity index (χ0v) is 10.1. The van der Waals surface area contributed by atoms with E-state index in [1.165, 1.54) is 4.90 Å². The van der Waals surface area contributed by atoms with Crippen molar-refractivity contribution < 1.29 is 9.59 Å². The van der Waals surface area contributed by atoms with Gasteiger partial charge >= 0.3 is 0 Å². The summed E-state index contributed by atoms with van der Waals surface area (Å²) >= 11 is 0. The molecule has 0 unspecified atom stereocenters. The molecule has 0 atom stereocenters. The standard InChI is InChI=1S/C12H17N3O2/c1-3-15(7-10(13)16)12(17)9-6-4-5-8(2)11(9)14/h4-6H,3,7,14H2,1-2H3,(H2,13,16). The quantitative estimate of drug-likeness (QED) is 0.746. The molecule has 0 spiro atoms. The Morgan fingerprint density at radius 3 is 2.53 bits per heavy atom. The summed E-state index contributed by atoms with van der Waals surface area (Å²) in [6, 6.07) is 5.24. The van der Waals surface area contributed by atoms with E-state index in [0.717, 1.165) is 5.56 Å². The van der Waals surface area contributed by atoms with Crippen LogP contribution in [0.15, 0.2) is 18.2 Å². The van der Waals surface area contributed by atoms with Crippen LogP contribution in [0.3, 0.4) is 0 Å². The van der Waals surface area contributed by atoms with Crippen molar-refractivity contribution in [2.24, 2.45) is 5.73 Å². The number of nitrogens with two attached hydrogens (primary N) is 2. The highest BCUT2D eigenvalue weighted by Gasteiger charge is 2.18. The number of para-hydroxylation sites is 1. The molecule has 5 nitrogen and oxygen atoms in total. The first-order chi connectivity index (χ1) is 7.97. The summed E-state index contributed by atoms with van der Waals surface area (Å²) in [7, 11) is 0. The van der Waals surface area contributed by atoms with Gasteiger partial charge in [0.25, 0.3) is 5.91 Å². The monoisotopic (exact) mass is 235 g/mol. The van der Waals surface area contributed by atoms with E-state index in [1.54, 1.807) is 19.1 Å². The molecule has 92 valence electrons. The minimum absolute atomic E-state index is 0.0945. The number of rotatable bonds is 4. The van der Waals surface area contributed by atoms with Crippen molar-refractivity contribution in [3.63, 3.8) is 0 Å². The van der Waals surface area contributed by atoms with Crippen LogP contribution in [0.1, 0.15) is 22.8 Å². The maximum atomic E-state index is 12.1. The Hall–Kier alpha value is -2.04. The number of nitrogens with zero attached hydrogens (tertiary/aromatic N) is 1. The molecule has 0 heterocycles. The highest BCUT2D eigenvalue weighted by Crippen LogP contribution is 2.18. The van der Waals surface area contributed by atoms with Gasteiger partial charge in [0.2, 0.25) is 5.91 Å². The minimum Gasteiger partial charge on any atom is -0.398 e. The fraction of sp³-hybridized carbons (Fsp3) is 0.333. The van der Waals surface area contributed by atoms with Crippen LogP contribution in [0.4, 0.5) is 5.69 Å². The number of anilines is 1. The van der Waals surface area contributed by atoms with Crippen LogP contribution >= 0.6 is 0 Å². The predicted octanol–water partition coefficient (Wildman–Crippen LogP) is 0.525. The van der Waals surface area contributed by atoms with Crippen LogP contribution < -0.4 is 11.5 Å². The second kappa shape index (κ2) is 5.34. The Morgan fingerprint density at radius 1 is 1.35 bits per heavy atom. The molecule has 0 fully saturated rings. The van der Waals surface area contributed by atoms with Crippen LogP contribution in [0.2, 0.25) is 0 Å². The number of likely N-dealkylation sites (N-methyl/N-ethyl adjacent to an activating group) is 1. The summed E-state index contributed by atoms with van der Waals surface area (Å²) in [6.07, 6.45) is 0. The van der Waals surface area contributed by atoms with Gasteiger partial charge in [0.15, 0.2) is 0 Å². The molecule has 0 bridgehead atoms. The molecule has 4 N–H and O–H groups in total. The largest absolute Gasteiger partial charge is 0.398 e. The summed E-state index contributed by atoms with van der Waals surface area (Å²) in [4.78, 5) is 24.3. The zero-order chi connectivity index (χ0) is 13.0. The fourth-order valence-electron chi connectivity index (χ4n) is 1.55. The van der Waals surface area contributed by atoms with Crippen LogP contribution in [0.5, 0.6) is 0 Å². The summed E-state index contributed by atoms with van der Waals surface area (Å²) in [6.45, 7) is 3.93. The summed E-state index contributed by atoms with van der Waals surface area (Å²) < 4.78 is 0. The van der Waals surface area contributed by atoms with Gasteiger partial charge in [-0.15, -0.1) is 0 Å². The SMILES string of the molecule is CCN(CC(N)=O)C(=O)c1cccc(C)c1N. The molecule has 0 aliphatic heterocycles. The van der Waals surface area contributed by atoms with Gasteiger partial charge in [-0.05, 0) is 25.5 Å². The molecule has 0 aromatic heterocycles. The highest BCUT2D eigenvalue weighted by molar-refractivity contribution is 6.01. The first-order valence-corrected chi connectivity index (χ1v) is 5.40. The van der Waals surface area contributed by atoms with Crippen molar-refractivity contribution in [1.29, 1.82) is 0 Å². The lowest BCUT2D eigenvalue weighted by Crippen LogP contribution is -2.38. The van der Waals surface area contributed by atoms with Crippen molar-refractivity contribution >= 4 is 17.5 Å². The molecule has 0 aliphatic carbocycles. The molecular weight excluding hydrogens is 218 g/mol. The summed E-state index contributed by atoms with van der Waals surface area (Å²) in [5.41, 5.74) is 12.6. The number of hydrogen-bond acceptors (Lipinski definition) is 3. The van der Waals surface area contributed by atoms with Gasteiger partial charge in [-0.1, -0.05) is 12.1 Å². The highest BCUT2D eigenvalue weighted by atomic mass is 16.2. The van der Waals surface area contributed by atoms with E-state index < -0.39 is 5.91 Å². The molecule has 0 radical (unpaired) electrons. The number of primary amides is 1. The summed E-state index contributed by atoms with van der Waals surface area (Å²) in [5, 5.41) is 0. The second-order valence-electron chi connectivity index (χ2n) is 3.82. The Bertz CT molecular complexity index is 443. The van der Waals surface area contributed by atoms with Gasteiger partial charge in [0, 0.05) is 12.2 Å². The number of carbonyl (C=O) groups is 2. The van der Waals surface area contributed by atoms with Gasteiger partial charge in [0.1, 0.15) is 0 Å². The third kappa shape index (κ3) is 2.96. The topological polar surface area (TPSA) is 89.4 Å². The van der Waals surface area contributed by atoms with Crippen molar-refractivity contribution in [3.8, 4) is 0 Å². The Kier molecular flexibility index (Phi) is 4.09. The van der Waals surface area contributed by atoms with Crippen LogP contribution in [-0.4, -0.2) is 29.8 Å². The summed E-state index contributed by atoms with van der Waals surface area (Å²) in [5.74, 6) is -0.807. The van der Waals surface area contributed by atoms with Crippen LogP contribution in [0, 0.1) is 6.92 Å². The van der Waals surface area contributed by atoms with Gasteiger partial charge in [0.05, 0.1) is 12.1 Å². The molecule has 5 heteroatoms. The Balaban J connectivity index is 3.02. The first-order valence-electron chi connectivity index (χ1n) is 5.40. The van der Waals surface area contributed by atoms with Crippen molar-refractivity contribution in [1.82, 2.24) is 4.90 Å². The first kappa shape index (κ1) is 13.0. The van der Waals surface area contributed by atoms with E-state index in [0.29, 0.717) is 17.8 Å². The molecule has 0 aliphatic rings. The lowest BCUT2D eigenvalue weighted by molar-refractivity contribution is -0.118. The zero-order valence-electron chi connectivity index (χ0n) is 10.1. The number of nitrogen functional groups attached to an aromatic ring is 1.